The Morgan fingerprint density at radius 1 is 1.00 bits per heavy atom. The molecule has 158 valence electrons. The van der Waals surface area contributed by atoms with E-state index in [1.807, 2.05) is 66.6 Å². The molecule has 0 saturated carbocycles. The van der Waals surface area contributed by atoms with E-state index in [9.17, 15) is 9.59 Å². The average Bonchev–Trinajstić information content (AvgIpc) is 3.20. The van der Waals surface area contributed by atoms with Crippen molar-refractivity contribution in [1.82, 2.24) is 9.80 Å². The molecule has 0 atom stereocenters. The number of thiophene rings is 1. The van der Waals surface area contributed by atoms with Gasteiger partial charge in [0.05, 0.1) is 13.1 Å². The number of rotatable bonds is 12. The third-order valence-electron chi connectivity index (χ3n) is 4.53. The number of carbonyl (C=O) groups excluding carboxylic acids is 2. The first-order valence-corrected chi connectivity index (χ1v) is 11.0. The number of nitrogens with zero attached hydrogens (tertiary/aromatic N) is 2. The molecule has 1 heterocycles. The van der Waals surface area contributed by atoms with Crippen molar-refractivity contribution in [2.45, 2.75) is 39.8 Å². The van der Waals surface area contributed by atoms with Crippen molar-refractivity contribution >= 4 is 23.2 Å². The molecule has 6 heteroatoms. The van der Waals surface area contributed by atoms with Crippen LogP contribution in [0, 0.1) is 5.92 Å². The Balaban J connectivity index is 2.11. The summed E-state index contributed by atoms with van der Waals surface area (Å²) < 4.78 is 5.12. The molecule has 0 aliphatic carbocycles. The van der Waals surface area contributed by atoms with Gasteiger partial charge in [-0.05, 0) is 29.3 Å². The van der Waals surface area contributed by atoms with E-state index >= 15 is 0 Å². The van der Waals surface area contributed by atoms with Crippen LogP contribution in [-0.2, 0) is 27.4 Å². The Hall–Kier alpha value is -2.18. The first-order chi connectivity index (χ1) is 14.0. The van der Waals surface area contributed by atoms with E-state index in [-0.39, 0.29) is 24.3 Å². The van der Waals surface area contributed by atoms with Crippen molar-refractivity contribution in [3.8, 4) is 0 Å². The van der Waals surface area contributed by atoms with Gasteiger partial charge in [-0.2, -0.15) is 0 Å². The molecule has 0 saturated heterocycles. The van der Waals surface area contributed by atoms with Gasteiger partial charge in [0.2, 0.25) is 11.8 Å². The fourth-order valence-corrected chi connectivity index (χ4v) is 3.78. The van der Waals surface area contributed by atoms with Gasteiger partial charge < -0.3 is 14.5 Å². The van der Waals surface area contributed by atoms with Gasteiger partial charge in [-0.25, -0.2) is 0 Å². The molecule has 5 nitrogen and oxygen atoms in total. The molecule has 29 heavy (non-hydrogen) atoms. The lowest BCUT2D eigenvalue weighted by molar-refractivity contribution is -0.141. The number of carbonyl (C=O) groups is 2. The minimum absolute atomic E-state index is 0.0280. The summed E-state index contributed by atoms with van der Waals surface area (Å²) in [6, 6.07) is 14.0. The molecule has 0 radical (unpaired) electrons. The van der Waals surface area contributed by atoms with Crippen LogP contribution >= 0.6 is 11.3 Å². The predicted octanol–water partition coefficient (Wildman–Crippen LogP) is 4.19. The highest BCUT2D eigenvalue weighted by Crippen LogP contribution is 2.16. The van der Waals surface area contributed by atoms with Crippen molar-refractivity contribution in [3.63, 3.8) is 0 Å². The van der Waals surface area contributed by atoms with Crippen molar-refractivity contribution in [2.24, 2.45) is 5.92 Å². The van der Waals surface area contributed by atoms with Gasteiger partial charge in [-0.3, -0.25) is 9.59 Å². The second kappa shape index (κ2) is 12.4. The van der Waals surface area contributed by atoms with E-state index in [0.29, 0.717) is 32.7 Å². The monoisotopic (exact) mass is 416 g/mol. The van der Waals surface area contributed by atoms with Gasteiger partial charge in [-0.1, -0.05) is 50.2 Å². The van der Waals surface area contributed by atoms with E-state index < -0.39 is 0 Å². The highest BCUT2D eigenvalue weighted by molar-refractivity contribution is 7.09. The summed E-state index contributed by atoms with van der Waals surface area (Å²) in [4.78, 5) is 30.6. The SMILES string of the molecule is COCCCN(CC(=O)N(Cc1ccccc1)Cc1cccs1)C(=O)CC(C)C. The maximum atomic E-state index is 13.2. The number of amides is 2. The molecule has 2 rings (SSSR count). The summed E-state index contributed by atoms with van der Waals surface area (Å²) in [5.41, 5.74) is 1.08. The molecule has 0 unspecified atom stereocenters. The largest absolute Gasteiger partial charge is 0.385 e. The Bertz CT molecular complexity index is 732. The molecule has 0 spiro atoms. The number of benzene rings is 1. The van der Waals surface area contributed by atoms with Gasteiger partial charge in [0.15, 0.2) is 0 Å². The van der Waals surface area contributed by atoms with Crippen LogP contribution < -0.4 is 0 Å². The maximum Gasteiger partial charge on any atom is 0.242 e. The van der Waals surface area contributed by atoms with Crippen molar-refractivity contribution < 1.29 is 14.3 Å². The zero-order valence-corrected chi connectivity index (χ0v) is 18.5. The van der Waals surface area contributed by atoms with Crippen LogP contribution in [0.15, 0.2) is 47.8 Å². The zero-order valence-electron chi connectivity index (χ0n) is 17.7. The minimum atomic E-state index is -0.0308. The van der Waals surface area contributed by atoms with Gasteiger partial charge in [0.25, 0.3) is 0 Å². The molecule has 0 aliphatic rings. The summed E-state index contributed by atoms with van der Waals surface area (Å²) >= 11 is 1.64. The summed E-state index contributed by atoms with van der Waals surface area (Å²) in [6.07, 6.45) is 1.17. The lowest BCUT2D eigenvalue weighted by Crippen LogP contribution is -2.43. The molecule has 2 aromatic rings. The fraction of sp³-hybridized carbons (Fsp3) is 0.478. The van der Waals surface area contributed by atoms with Crippen LogP contribution in [0.5, 0.6) is 0 Å². The van der Waals surface area contributed by atoms with Gasteiger partial charge in [0.1, 0.15) is 0 Å². The first-order valence-electron chi connectivity index (χ1n) is 10.1. The smallest absolute Gasteiger partial charge is 0.242 e. The van der Waals surface area contributed by atoms with Crippen molar-refractivity contribution in [3.05, 3.63) is 58.3 Å². The van der Waals surface area contributed by atoms with Gasteiger partial charge in [0, 0.05) is 38.1 Å². The Morgan fingerprint density at radius 2 is 1.76 bits per heavy atom. The summed E-state index contributed by atoms with van der Waals surface area (Å²) in [6.45, 7) is 6.33. The van der Waals surface area contributed by atoms with E-state index in [0.717, 1.165) is 16.9 Å². The van der Waals surface area contributed by atoms with Crippen LogP contribution in [0.4, 0.5) is 0 Å². The van der Waals surface area contributed by atoms with E-state index in [1.54, 1.807) is 23.3 Å². The molecule has 0 bridgehead atoms. The fourth-order valence-electron chi connectivity index (χ4n) is 3.06. The van der Waals surface area contributed by atoms with Crippen LogP contribution in [-0.4, -0.2) is 48.4 Å². The highest BCUT2D eigenvalue weighted by Gasteiger charge is 2.22. The van der Waals surface area contributed by atoms with Gasteiger partial charge >= 0.3 is 0 Å². The molecule has 0 fully saturated rings. The summed E-state index contributed by atoms with van der Waals surface area (Å²) in [5, 5.41) is 2.02. The highest BCUT2D eigenvalue weighted by atomic mass is 32.1. The zero-order chi connectivity index (χ0) is 21.1. The molecule has 0 N–H and O–H groups in total. The molecular weight excluding hydrogens is 384 g/mol. The standard InChI is InChI=1S/C23H32N2O3S/c1-19(2)15-22(26)24(12-8-13-28-3)18-23(27)25(17-21-11-7-14-29-21)16-20-9-5-4-6-10-20/h4-7,9-11,14,19H,8,12-13,15-18H2,1-3H3. The third-order valence-corrected chi connectivity index (χ3v) is 5.40. The first kappa shape index (κ1) is 23.1. The molecule has 2 amide bonds. The summed E-state index contributed by atoms with van der Waals surface area (Å²) in [5.74, 6) is 0.256. The predicted molar refractivity (Wildman–Crippen MR) is 118 cm³/mol. The molecule has 1 aromatic heterocycles. The van der Waals surface area contributed by atoms with E-state index in [1.165, 1.54) is 0 Å². The lowest BCUT2D eigenvalue weighted by Gasteiger charge is -2.28. The van der Waals surface area contributed by atoms with E-state index in [4.69, 9.17) is 4.74 Å². The minimum Gasteiger partial charge on any atom is -0.385 e. The van der Waals surface area contributed by atoms with Gasteiger partial charge in [-0.15, -0.1) is 11.3 Å². The maximum absolute atomic E-state index is 13.2. The van der Waals surface area contributed by atoms with Crippen molar-refractivity contribution in [2.75, 3.05) is 26.8 Å². The Morgan fingerprint density at radius 3 is 2.38 bits per heavy atom. The van der Waals surface area contributed by atoms with Crippen LogP contribution in [0.25, 0.3) is 0 Å². The lowest BCUT2D eigenvalue weighted by atomic mass is 10.1. The Kier molecular flexibility index (Phi) is 9.88. The molecule has 1 aromatic carbocycles. The van der Waals surface area contributed by atoms with Crippen molar-refractivity contribution in [1.29, 1.82) is 0 Å². The number of ether oxygens (including phenoxy) is 1. The molecule has 0 aliphatic heterocycles. The number of hydrogen-bond donors (Lipinski definition) is 0. The Labute approximate surface area is 178 Å². The van der Waals surface area contributed by atoms with E-state index in [2.05, 4.69) is 0 Å². The second-order valence-corrected chi connectivity index (χ2v) is 8.61. The van der Waals surface area contributed by atoms with Crippen LogP contribution in [0.2, 0.25) is 0 Å². The average molecular weight is 417 g/mol. The number of methoxy groups -OCH3 is 1. The quantitative estimate of drug-likeness (QED) is 0.488. The number of hydrogen-bond acceptors (Lipinski definition) is 4. The molecular formula is C23H32N2O3S. The normalized spacial score (nSPS) is 10.9. The van der Waals surface area contributed by atoms with Crippen LogP contribution in [0.3, 0.4) is 0 Å². The van der Waals surface area contributed by atoms with Crippen LogP contribution in [0.1, 0.15) is 37.1 Å². The summed E-state index contributed by atoms with van der Waals surface area (Å²) in [7, 11) is 1.65. The second-order valence-electron chi connectivity index (χ2n) is 7.57. The third kappa shape index (κ3) is 8.38. The topological polar surface area (TPSA) is 49.9 Å².